The average molecular weight is 485 g/mol. The van der Waals surface area contributed by atoms with Gasteiger partial charge in [-0.05, 0) is 53.6 Å². The van der Waals surface area contributed by atoms with E-state index in [0.717, 1.165) is 28.5 Å². The third-order valence-electron chi connectivity index (χ3n) is 5.21. The largest absolute Gasteiger partial charge is 0.449 e. The van der Waals surface area contributed by atoms with Crippen LogP contribution >= 0.6 is 11.6 Å². The standard InChI is InChI=1S/C25H16ClF3N2O3/c1-15-20(26)7-4-8-21(15)30-14-19-18-6-3-2-5-16(18)9-11-23(19)34-24-12-10-17(25(27,28)29)13-22(24)31(32)33/h2-14H,1H3. The van der Waals surface area contributed by atoms with Crippen LogP contribution in [0.25, 0.3) is 10.8 Å². The summed E-state index contributed by atoms with van der Waals surface area (Å²) in [6.07, 6.45) is -3.18. The third kappa shape index (κ3) is 4.72. The summed E-state index contributed by atoms with van der Waals surface area (Å²) < 4.78 is 45.0. The molecule has 0 unspecified atom stereocenters. The number of alkyl halides is 3. The lowest BCUT2D eigenvalue weighted by atomic mass is 10.0. The number of fused-ring (bicyclic) bond motifs is 1. The molecule has 0 atom stereocenters. The maximum atomic E-state index is 13.1. The van der Waals surface area contributed by atoms with Gasteiger partial charge in [0.1, 0.15) is 5.75 Å². The molecule has 172 valence electrons. The Morgan fingerprint density at radius 3 is 2.47 bits per heavy atom. The van der Waals surface area contributed by atoms with Crippen LogP contribution in [0.5, 0.6) is 11.5 Å². The molecule has 5 nitrogen and oxygen atoms in total. The van der Waals surface area contributed by atoms with Gasteiger partial charge in [-0.15, -0.1) is 0 Å². The lowest BCUT2D eigenvalue weighted by molar-refractivity contribution is -0.385. The molecule has 0 N–H and O–H groups in total. The lowest BCUT2D eigenvalue weighted by Gasteiger charge is -2.13. The van der Waals surface area contributed by atoms with Crippen molar-refractivity contribution in [1.29, 1.82) is 0 Å². The average Bonchev–Trinajstić information content (AvgIpc) is 2.80. The quantitative estimate of drug-likeness (QED) is 0.163. The highest BCUT2D eigenvalue weighted by Crippen LogP contribution is 2.39. The topological polar surface area (TPSA) is 64.7 Å². The van der Waals surface area contributed by atoms with E-state index in [0.29, 0.717) is 22.3 Å². The molecule has 0 bridgehead atoms. The maximum Gasteiger partial charge on any atom is 0.416 e. The minimum absolute atomic E-state index is 0.199. The number of aliphatic imine (C=N–C) groups is 1. The van der Waals surface area contributed by atoms with Gasteiger partial charge in [0, 0.05) is 22.9 Å². The van der Waals surface area contributed by atoms with Gasteiger partial charge >= 0.3 is 11.9 Å². The van der Waals surface area contributed by atoms with Crippen molar-refractivity contribution in [3.63, 3.8) is 0 Å². The minimum atomic E-state index is -4.72. The van der Waals surface area contributed by atoms with E-state index >= 15 is 0 Å². The fraction of sp³-hybridized carbons (Fsp3) is 0.0800. The van der Waals surface area contributed by atoms with Crippen LogP contribution in [0.3, 0.4) is 0 Å². The van der Waals surface area contributed by atoms with Crippen LogP contribution in [0.1, 0.15) is 16.7 Å². The van der Waals surface area contributed by atoms with E-state index < -0.39 is 22.4 Å². The summed E-state index contributed by atoms with van der Waals surface area (Å²) in [4.78, 5) is 15.1. The SMILES string of the molecule is Cc1c(Cl)cccc1N=Cc1c(Oc2ccc(C(F)(F)F)cc2[N+](=O)[O-])ccc2ccccc12. The highest BCUT2D eigenvalue weighted by atomic mass is 35.5. The summed E-state index contributed by atoms with van der Waals surface area (Å²) in [5.74, 6) is -0.119. The summed E-state index contributed by atoms with van der Waals surface area (Å²) in [7, 11) is 0. The predicted molar refractivity (Wildman–Crippen MR) is 126 cm³/mol. The maximum absolute atomic E-state index is 13.1. The Morgan fingerprint density at radius 1 is 1.00 bits per heavy atom. The molecule has 0 radical (unpaired) electrons. The number of nitro groups is 1. The molecule has 0 aliphatic rings. The zero-order chi connectivity index (χ0) is 24.5. The van der Waals surface area contributed by atoms with Gasteiger partial charge in [0.25, 0.3) is 0 Å². The first-order valence-electron chi connectivity index (χ1n) is 9.99. The molecule has 4 aromatic rings. The van der Waals surface area contributed by atoms with E-state index in [-0.39, 0.29) is 11.5 Å². The number of nitro benzene ring substituents is 1. The van der Waals surface area contributed by atoms with Crippen molar-refractivity contribution in [2.45, 2.75) is 13.1 Å². The molecule has 0 saturated carbocycles. The summed E-state index contributed by atoms with van der Waals surface area (Å²) in [6, 6.07) is 18.1. The van der Waals surface area contributed by atoms with Crippen LogP contribution in [0.15, 0.2) is 77.8 Å². The highest BCUT2D eigenvalue weighted by Gasteiger charge is 2.33. The molecule has 0 amide bonds. The summed E-state index contributed by atoms with van der Waals surface area (Å²) in [5.41, 5.74) is -0.0418. The predicted octanol–water partition coefficient (Wildman–Crippen LogP) is 8.27. The lowest BCUT2D eigenvalue weighted by Crippen LogP contribution is -2.06. The Labute approximate surface area is 197 Å². The van der Waals surface area contributed by atoms with E-state index in [4.69, 9.17) is 16.3 Å². The number of hydrogen-bond acceptors (Lipinski definition) is 4. The second-order valence-electron chi connectivity index (χ2n) is 7.38. The number of benzene rings is 4. The van der Waals surface area contributed by atoms with E-state index in [1.165, 1.54) is 0 Å². The summed E-state index contributed by atoms with van der Waals surface area (Å²) in [6.45, 7) is 1.82. The van der Waals surface area contributed by atoms with Crippen molar-refractivity contribution in [3.8, 4) is 11.5 Å². The van der Waals surface area contributed by atoms with Gasteiger partial charge in [-0.25, -0.2) is 0 Å². The van der Waals surface area contributed by atoms with Crippen molar-refractivity contribution < 1.29 is 22.8 Å². The molecular formula is C25H16ClF3N2O3. The minimum Gasteiger partial charge on any atom is -0.449 e. The molecule has 0 aliphatic carbocycles. The fourth-order valence-corrected chi connectivity index (χ4v) is 3.58. The smallest absolute Gasteiger partial charge is 0.416 e. The van der Waals surface area contributed by atoms with E-state index in [9.17, 15) is 23.3 Å². The van der Waals surface area contributed by atoms with Gasteiger partial charge in [-0.3, -0.25) is 15.1 Å². The van der Waals surface area contributed by atoms with E-state index in [1.807, 2.05) is 31.2 Å². The molecule has 0 fully saturated rings. The number of halogens is 4. The Bertz CT molecular complexity index is 1440. The van der Waals surface area contributed by atoms with Gasteiger partial charge in [0.2, 0.25) is 5.75 Å². The van der Waals surface area contributed by atoms with Crippen molar-refractivity contribution in [2.75, 3.05) is 0 Å². The van der Waals surface area contributed by atoms with Crippen LogP contribution in [-0.4, -0.2) is 11.1 Å². The first-order chi connectivity index (χ1) is 16.1. The van der Waals surface area contributed by atoms with Crippen LogP contribution in [0, 0.1) is 17.0 Å². The van der Waals surface area contributed by atoms with Gasteiger partial charge in [-0.1, -0.05) is 48.0 Å². The van der Waals surface area contributed by atoms with Gasteiger partial charge in [-0.2, -0.15) is 13.2 Å². The second kappa shape index (κ2) is 9.15. The summed E-state index contributed by atoms with van der Waals surface area (Å²) >= 11 is 6.18. The van der Waals surface area contributed by atoms with Gasteiger partial charge in [0.15, 0.2) is 0 Å². The van der Waals surface area contributed by atoms with E-state index in [2.05, 4.69) is 4.99 Å². The van der Waals surface area contributed by atoms with Gasteiger partial charge < -0.3 is 4.74 Å². The number of hydrogen-bond donors (Lipinski definition) is 0. The zero-order valence-corrected chi connectivity index (χ0v) is 18.4. The monoisotopic (exact) mass is 484 g/mol. The Balaban J connectivity index is 1.83. The fourth-order valence-electron chi connectivity index (χ4n) is 3.41. The first kappa shape index (κ1) is 23.3. The molecule has 0 spiro atoms. The normalized spacial score (nSPS) is 11.8. The molecular weight excluding hydrogens is 469 g/mol. The third-order valence-corrected chi connectivity index (χ3v) is 5.61. The van der Waals surface area contributed by atoms with Crippen molar-refractivity contribution in [2.24, 2.45) is 4.99 Å². The van der Waals surface area contributed by atoms with Crippen LogP contribution in [0.2, 0.25) is 5.02 Å². The van der Waals surface area contributed by atoms with Crippen molar-refractivity contribution >= 4 is 40.0 Å². The molecule has 4 rings (SSSR count). The number of rotatable bonds is 5. The molecule has 9 heteroatoms. The van der Waals surface area contributed by atoms with Gasteiger partial charge in [0.05, 0.1) is 16.2 Å². The van der Waals surface area contributed by atoms with Crippen LogP contribution < -0.4 is 4.74 Å². The Hall–Kier alpha value is -3.91. The van der Waals surface area contributed by atoms with Crippen LogP contribution in [-0.2, 0) is 6.18 Å². The van der Waals surface area contributed by atoms with Crippen LogP contribution in [0.4, 0.5) is 24.5 Å². The number of nitrogens with zero attached hydrogens (tertiary/aromatic N) is 2. The highest BCUT2D eigenvalue weighted by molar-refractivity contribution is 6.31. The summed E-state index contributed by atoms with van der Waals surface area (Å²) in [5, 5.41) is 13.6. The van der Waals surface area contributed by atoms with E-state index in [1.54, 1.807) is 36.5 Å². The van der Waals surface area contributed by atoms with Crippen molar-refractivity contribution in [1.82, 2.24) is 0 Å². The Morgan fingerprint density at radius 2 is 1.74 bits per heavy atom. The molecule has 0 saturated heterocycles. The molecule has 0 aromatic heterocycles. The second-order valence-corrected chi connectivity index (χ2v) is 7.79. The number of ether oxygens (including phenoxy) is 1. The molecule has 4 aromatic carbocycles. The molecule has 34 heavy (non-hydrogen) atoms. The molecule has 0 heterocycles. The Kier molecular flexibility index (Phi) is 6.26. The van der Waals surface area contributed by atoms with Crippen molar-refractivity contribution in [3.05, 3.63) is 105 Å². The molecule has 0 aliphatic heterocycles. The zero-order valence-electron chi connectivity index (χ0n) is 17.6. The first-order valence-corrected chi connectivity index (χ1v) is 10.4.